The van der Waals surface area contributed by atoms with E-state index < -0.39 is 11.3 Å². The Kier molecular flexibility index (Phi) is 5.19. The molecule has 0 atom stereocenters. The van der Waals surface area contributed by atoms with Crippen LogP contribution in [0.2, 0.25) is 0 Å². The van der Waals surface area contributed by atoms with Crippen LogP contribution in [0.1, 0.15) is 23.0 Å². The Morgan fingerprint density at radius 2 is 2.09 bits per heavy atom. The number of hydrogen-bond acceptors (Lipinski definition) is 3. The summed E-state index contributed by atoms with van der Waals surface area (Å²) in [4.78, 5) is 24.2. The van der Waals surface area contributed by atoms with Crippen molar-refractivity contribution in [2.75, 3.05) is 0 Å². The third-order valence-electron chi connectivity index (χ3n) is 3.14. The van der Waals surface area contributed by atoms with Crippen molar-refractivity contribution in [3.8, 4) is 0 Å². The summed E-state index contributed by atoms with van der Waals surface area (Å²) in [6.07, 6.45) is 5.17. The monoisotopic (exact) mass is 313 g/mol. The summed E-state index contributed by atoms with van der Waals surface area (Å²) in [5.41, 5.74) is -0.0742. The summed E-state index contributed by atoms with van der Waals surface area (Å²) in [7, 11) is 0. The summed E-state index contributed by atoms with van der Waals surface area (Å²) in [6.45, 7) is 5.67. The molecule has 1 aromatic heterocycles. The van der Waals surface area contributed by atoms with Crippen LogP contribution in [0.4, 0.5) is 4.39 Å². The minimum absolute atomic E-state index is 0.166. The number of halogens is 1. The number of carbonyl (C=O) groups excluding carboxylic acids is 1. The number of hydrogen-bond donors (Lipinski definition) is 2. The van der Waals surface area contributed by atoms with Gasteiger partial charge in [0.2, 0.25) is 5.43 Å². The number of nitrogens with one attached hydrogen (secondary N) is 2. The molecule has 0 radical (unpaired) electrons. The van der Waals surface area contributed by atoms with Crippen molar-refractivity contribution in [1.82, 2.24) is 15.5 Å². The van der Waals surface area contributed by atoms with Gasteiger partial charge in [0.25, 0.3) is 5.91 Å². The van der Waals surface area contributed by atoms with Crippen LogP contribution in [0, 0.1) is 5.82 Å². The fraction of sp³-hybridized carbons (Fsp3) is 0.118. The van der Waals surface area contributed by atoms with Gasteiger partial charge in [0.1, 0.15) is 5.82 Å². The maximum atomic E-state index is 12.8. The molecule has 6 heteroatoms. The first-order valence-electron chi connectivity index (χ1n) is 6.96. The highest BCUT2D eigenvalue weighted by Gasteiger charge is 2.12. The molecule has 0 aliphatic carbocycles. The van der Waals surface area contributed by atoms with Crippen LogP contribution in [0.5, 0.6) is 0 Å². The zero-order valence-corrected chi connectivity index (χ0v) is 12.6. The molecule has 1 amide bonds. The Hall–Kier alpha value is -3.02. The molecule has 23 heavy (non-hydrogen) atoms. The van der Waals surface area contributed by atoms with Gasteiger partial charge in [0.15, 0.2) is 5.69 Å². The highest BCUT2D eigenvalue weighted by atomic mass is 19.1. The lowest BCUT2D eigenvalue weighted by molar-refractivity contribution is 0.0943. The van der Waals surface area contributed by atoms with E-state index in [1.165, 1.54) is 12.1 Å². The SMILES string of the molecule is C=c1c(=O)c(C(=O)NCc2ccc(F)cc2)n[nH]/c1=C/C=C\C. The second kappa shape index (κ2) is 7.31. The molecule has 0 spiro atoms. The van der Waals surface area contributed by atoms with Gasteiger partial charge in [-0.25, -0.2) is 4.39 Å². The van der Waals surface area contributed by atoms with E-state index in [0.29, 0.717) is 10.9 Å². The molecular weight excluding hydrogens is 297 g/mol. The van der Waals surface area contributed by atoms with Crippen molar-refractivity contribution >= 4 is 18.6 Å². The van der Waals surface area contributed by atoms with Crippen LogP contribution in [0.15, 0.2) is 41.2 Å². The maximum Gasteiger partial charge on any atom is 0.276 e. The van der Waals surface area contributed by atoms with Gasteiger partial charge < -0.3 is 5.32 Å². The summed E-state index contributed by atoms with van der Waals surface area (Å²) >= 11 is 0. The van der Waals surface area contributed by atoms with Gasteiger partial charge in [-0.05, 0) is 30.7 Å². The van der Waals surface area contributed by atoms with E-state index in [0.717, 1.165) is 0 Å². The molecular formula is C17H16FN3O2. The van der Waals surface area contributed by atoms with Gasteiger partial charge in [0.05, 0.1) is 5.35 Å². The Labute approximate surface area is 131 Å². The molecule has 0 saturated carbocycles. The topological polar surface area (TPSA) is 74.8 Å². The molecule has 1 aromatic carbocycles. The lowest BCUT2D eigenvalue weighted by Gasteiger charge is -2.04. The maximum absolute atomic E-state index is 12.8. The van der Waals surface area contributed by atoms with Crippen LogP contribution in [-0.4, -0.2) is 16.1 Å². The fourth-order valence-electron chi connectivity index (χ4n) is 1.85. The molecule has 0 aliphatic heterocycles. The standard InChI is InChI=1S/C17H16FN3O2/c1-3-4-5-14-11(2)16(22)15(21-20-14)17(23)19-10-12-6-8-13(18)9-7-12/h3-9,20H,2,10H2,1H3,(H,19,23)/b4-3-,14-5+. The first kappa shape index (κ1) is 16.4. The average Bonchev–Trinajstić information content (AvgIpc) is 2.55. The van der Waals surface area contributed by atoms with Crippen molar-refractivity contribution in [3.63, 3.8) is 0 Å². The number of amides is 1. The van der Waals surface area contributed by atoms with Gasteiger partial charge in [-0.15, -0.1) is 0 Å². The zero-order chi connectivity index (χ0) is 16.8. The minimum atomic E-state index is -0.613. The summed E-state index contributed by atoms with van der Waals surface area (Å²) in [5, 5.41) is 9.63. The largest absolute Gasteiger partial charge is 0.346 e. The van der Waals surface area contributed by atoms with Gasteiger partial charge in [-0.1, -0.05) is 30.9 Å². The van der Waals surface area contributed by atoms with E-state index in [4.69, 9.17) is 0 Å². The van der Waals surface area contributed by atoms with Crippen LogP contribution >= 0.6 is 0 Å². The fourth-order valence-corrected chi connectivity index (χ4v) is 1.85. The van der Waals surface area contributed by atoms with Crippen LogP contribution in [0.3, 0.4) is 0 Å². The number of rotatable bonds is 4. The van der Waals surface area contributed by atoms with E-state index in [1.54, 1.807) is 30.4 Å². The first-order chi connectivity index (χ1) is 11.0. The molecule has 0 bridgehead atoms. The van der Waals surface area contributed by atoms with Crippen molar-refractivity contribution in [3.05, 3.63) is 74.3 Å². The third kappa shape index (κ3) is 4.00. The Balaban J connectivity index is 2.20. The number of benzene rings is 1. The smallest absolute Gasteiger partial charge is 0.276 e. The van der Waals surface area contributed by atoms with Crippen molar-refractivity contribution in [1.29, 1.82) is 0 Å². The molecule has 118 valence electrons. The molecule has 0 fully saturated rings. The van der Waals surface area contributed by atoms with Crippen molar-refractivity contribution in [2.45, 2.75) is 13.5 Å². The molecule has 0 unspecified atom stereocenters. The third-order valence-corrected chi connectivity index (χ3v) is 3.14. The number of allylic oxidation sites excluding steroid dienone is 2. The lowest BCUT2D eigenvalue weighted by atomic mass is 10.2. The van der Waals surface area contributed by atoms with Gasteiger partial charge >= 0.3 is 0 Å². The molecule has 5 nitrogen and oxygen atoms in total. The van der Waals surface area contributed by atoms with E-state index in [1.807, 2.05) is 6.92 Å². The van der Waals surface area contributed by atoms with E-state index in [2.05, 4.69) is 22.1 Å². The first-order valence-corrected chi connectivity index (χ1v) is 6.96. The second-order valence-electron chi connectivity index (χ2n) is 4.80. The molecule has 0 aliphatic rings. The van der Waals surface area contributed by atoms with Crippen molar-refractivity contribution < 1.29 is 9.18 Å². The van der Waals surface area contributed by atoms with Crippen LogP contribution in [0.25, 0.3) is 12.7 Å². The highest BCUT2D eigenvalue weighted by molar-refractivity contribution is 5.91. The van der Waals surface area contributed by atoms with Crippen LogP contribution < -0.4 is 21.3 Å². The van der Waals surface area contributed by atoms with E-state index in [9.17, 15) is 14.0 Å². The van der Waals surface area contributed by atoms with E-state index >= 15 is 0 Å². The summed E-state index contributed by atoms with van der Waals surface area (Å²) in [5.74, 6) is -0.967. The zero-order valence-electron chi connectivity index (χ0n) is 12.6. The molecule has 0 saturated heterocycles. The van der Waals surface area contributed by atoms with Crippen molar-refractivity contribution in [2.24, 2.45) is 0 Å². The highest BCUT2D eigenvalue weighted by Crippen LogP contribution is 2.02. The Morgan fingerprint density at radius 3 is 2.74 bits per heavy atom. The lowest BCUT2D eigenvalue weighted by Crippen LogP contribution is -2.46. The molecule has 1 heterocycles. The normalized spacial score (nSPS) is 11.8. The number of carbonyl (C=O) groups is 1. The summed E-state index contributed by atoms with van der Waals surface area (Å²) < 4.78 is 12.8. The molecule has 2 aromatic rings. The molecule has 2 N–H and O–H groups in total. The Bertz CT molecular complexity index is 899. The Morgan fingerprint density at radius 1 is 1.39 bits per heavy atom. The number of H-pyrrole nitrogens is 1. The summed E-state index contributed by atoms with van der Waals surface area (Å²) in [6, 6.07) is 5.70. The van der Waals surface area contributed by atoms with Crippen LogP contribution in [-0.2, 0) is 6.54 Å². The average molecular weight is 313 g/mol. The van der Waals surface area contributed by atoms with Gasteiger partial charge in [0, 0.05) is 11.8 Å². The minimum Gasteiger partial charge on any atom is -0.346 e. The van der Waals surface area contributed by atoms with Gasteiger partial charge in [-0.2, -0.15) is 5.10 Å². The predicted molar refractivity (Wildman–Crippen MR) is 86.5 cm³/mol. The predicted octanol–water partition coefficient (Wildman–Crippen LogP) is 0.606. The quantitative estimate of drug-likeness (QED) is 0.868. The van der Waals surface area contributed by atoms with E-state index in [-0.39, 0.29) is 23.3 Å². The number of aromatic nitrogens is 2. The number of nitrogens with zero attached hydrogens (tertiary/aromatic N) is 1. The van der Waals surface area contributed by atoms with Gasteiger partial charge in [-0.3, -0.25) is 14.7 Å². The number of aromatic amines is 1. The second-order valence-corrected chi connectivity index (χ2v) is 4.80. The molecule has 2 rings (SSSR count).